The lowest BCUT2D eigenvalue weighted by Gasteiger charge is -2.32. The first-order valence-electron chi connectivity index (χ1n) is 10.8. The summed E-state index contributed by atoms with van der Waals surface area (Å²) in [5.41, 5.74) is 6.59. The van der Waals surface area contributed by atoms with Crippen molar-refractivity contribution in [2.24, 2.45) is 16.6 Å². The highest BCUT2D eigenvalue weighted by atomic mass is 16.1. The number of piperidine rings is 2. The molecule has 8 heteroatoms. The maximum Gasteiger partial charge on any atom is 0.220 e. The second kappa shape index (κ2) is 11.0. The van der Waals surface area contributed by atoms with Crippen LogP contribution in [0.3, 0.4) is 0 Å². The topological polar surface area (TPSA) is 98.9 Å². The van der Waals surface area contributed by atoms with Crippen molar-refractivity contribution in [3.63, 3.8) is 0 Å². The van der Waals surface area contributed by atoms with E-state index in [0.717, 1.165) is 56.4 Å². The Kier molecular flexibility index (Phi) is 8.10. The molecule has 4 N–H and O–H groups in total. The number of anilines is 1. The standard InChI is InChI=1S/C21H35N7O/c1-23-21(25-10-15-27-11-3-2-4-12-27)26-16-18-6-5-9-24-20(18)28-13-7-17(8-14-28)19(22)29/h5-6,9,17H,2-4,7-8,10-16H2,1H3,(H2,22,29)(H2,23,25,26). The van der Waals surface area contributed by atoms with E-state index in [-0.39, 0.29) is 11.8 Å². The lowest BCUT2D eigenvalue weighted by atomic mass is 9.96. The number of nitrogens with one attached hydrogen (secondary N) is 2. The van der Waals surface area contributed by atoms with Gasteiger partial charge in [-0.15, -0.1) is 0 Å². The molecule has 1 aromatic heterocycles. The van der Waals surface area contributed by atoms with Gasteiger partial charge >= 0.3 is 0 Å². The number of rotatable bonds is 7. The maximum absolute atomic E-state index is 11.4. The Morgan fingerprint density at radius 2 is 1.97 bits per heavy atom. The van der Waals surface area contributed by atoms with Gasteiger partial charge in [-0.1, -0.05) is 12.5 Å². The molecule has 0 unspecified atom stereocenters. The molecule has 2 aliphatic rings. The predicted octanol–water partition coefficient (Wildman–Crippen LogP) is 0.934. The van der Waals surface area contributed by atoms with Gasteiger partial charge in [-0.2, -0.15) is 0 Å². The minimum atomic E-state index is -0.188. The Labute approximate surface area is 173 Å². The van der Waals surface area contributed by atoms with E-state index in [2.05, 4.69) is 36.5 Å². The lowest BCUT2D eigenvalue weighted by molar-refractivity contribution is -0.122. The van der Waals surface area contributed by atoms with Crippen LogP contribution in [0.5, 0.6) is 0 Å². The number of nitrogens with zero attached hydrogens (tertiary/aromatic N) is 4. The third kappa shape index (κ3) is 6.32. The first-order valence-corrected chi connectivity index (χ1v) is 10.8. The number of likely N-dealkylation sites (tertiary alicyclic amines) is 1. The van der Waals surface area contributed by atoms with Gasteiger partial charge in [-0.3, -0.25) is 9.79 Å². The average molecular weight is 402 g/mol. The van der Waals surface area contributed by atoms with Crippen LogP contribution in [0.1, 0.15) is 37.7 Å². The van der Waals surface area contributed by atoms with E-state index in [4.69, 9.17) is 5.73 Å². The van der Waals surface area contributed by atoms with E-state index in [1.54, 1.807) is 7.05 Å². The summed E-state index contributed by atoms with van der Waals surface area (Å²) in [6.45, 7) is 6.62. The number of amides is 1. The van der Waals surface area contributed by atoms with Crippen molar-refractivity contribution >= 4 is 17.7 Å². The lowest BCUT2D eigenvalue weighted by Crippen LogP contribution is -2.43. The van der Waals surface area contributed by atoms with Crippen LogP contribution in [0.15, 0.2) is 23.3 Å². The summed E-state index contributed by atoms with van der Waals surface area (Å²) in [5, 5.41) is 6.83. The Morgan fingerprint density at radius 1 is 1.21 bits per heavy atom. The fourth-order valence-corrected chi connectivity index (χ4v) is 4.14. The van der Waals surface area contributed by atoms with Crippen LogP contribution in [0.2, 0.25) is 0 Å². The number of hydrogen-bond acceptors (Lipinski definition) is 5. The van der Waals surface area contributed by atoms with Crippen molar-refractivity contribution in [1.82, 2.24) is 20.5 Å². The SMILES string of the molecule is CN=C(NCCN1CCCCC1)NCc1cccnc1N1CCC(C(N)=O)CC1. The van der Waals surface area contributed by atoms with E-state index >= 15 is 0 Å². The number of nitrogens with two attached hydrogens (primary N) is 1. The molecule has 3 heterocycles. The molecule has 160 valence electrons. The second-order valence-electron chi connectivity index (χ2n) is 7.90. The molecular weight excluding hydrogens is 366 g/mol. The molecule has 3 rings (SSSR count). The molecule has 0 aromatic carbocycles. The zero-order valence-corrected chi connectivity index (χ0v) is 17.6. The van der Waals surface area contributed by atoms with Crippen LogP contribution in [0.4, 0.5) is 5.82 Å². The van der Waals surface area contributed by atoms with Crippen molar-refractivity contribution in [2.75, 3.05) is 51.2 Å². The molecule has 0 spiro atoms. The minimum Gasteiger partial charge on any atom is -0.369 e. The first-order chi connectivity index (χ1) is 14.2. The molecule has 2 aliphatic heterocycles. The van der Waals surface area contributed by atoms with Gasteiger partial charge in [-0.05, 0) is 44.8 Å². The number of carbonyl (C=O) groups is 1. The van der Waals surface area contributed by atoms with Crippen LogP contribution in [-0.4, -0.2) is 68.1 Å². The fourth-order valence-electron chi connectivity index (χ4n) is 4.14. The van der Waals surface area contributed by atoms with Crippen LogP contribution >= 0.6 is 0 Å². The number of aromatic nitrogens is 1. The van der Waals surface area contributed by atoms with Gasteiger partial charge in [0.15, 0.2) is 5.96 Å². The molecule has 0 atom stereocenters. The van der Waals surface area contributed by atoms with Gasteiger partial charge in [0.2, 0.25) is 5.91 Å². The third-order valence-electron chi connectivity index (χ3n) is 5.90. The number of aliphatic imine (C=N–C) groups is 1. The number of pyridine rings is 1. The van der Waals surface area contributed by atoms with Crippen molar-refractivity contribution in [3.05, 3.63) is 23.9 Å². The van der Waals surface area contributed by atoms with E-state index < -0.39 is 0 Å². The van der Waals surface area contributed by atoms with Gasteiger partial charge in [0, 0.05) is 57.4 Å². The molecule has 8 nitrogen and oxygen atoms in total. The number of guanidine groups is 1. The van der Waals surface area contributed by atoms with E-state index in [0.29, 0.717) is 6.54 Å². The zero-order valence-electron chi connectivity index (χ0n) is 17.6. The fraction of sp³-hybridized carbons (Fsp3) is 0.667. The summed E-state index contributed by atoms with van der Waals surface area (Å²) in [4.78, 5) is 25.1. The van der Waals surface area contributed by atoms with Crippen LogP contribution < -0.4 is 21.3 Å². The minimum absolute atomic E-state index is 0.0144. The zero-order chi connectivity index (χ0) is 20.5. The summed E-state index contributed by atoms with van der Waals surface area (Å²) in [6, 6.07) is 4.06. The highest BCUT2D eigenvalue weighted by Gasteiger charge is 2.25. The average Bonchev–Trinajstić information content (AvgIpc) is 2.77. The summed E-state index contributed by atoms with van der Waals surface area (Å²) >= 11 is 0. The third-order valence-corrected chi connectivity index (χ3v) is 5.90. The van der Waals surface area contributed by atoms with Crippen LogP contribution in [-0.2, 0) is 11.3 Å². The van der Waals surface area contributed by atoms with Gasteiger partial charge in [0.05, 0.1) is 0 Å². The summed E-state index contributed by atoms with van der Waals surface area (Å²) in [7, 11) is 1.80. The predicted molar refractivity (Wildman–Crippen MR) is 117 cm³/mol. The van der Waals surface area contributed by atoms with Crippen molar-refractivity contribution < 1.29 is 4.79 Å². The number of primary amides is 1. The molecule has 1 amide bonds. The molecule has 0 radical (unpaired) electrons. The van der Waals surface area contributed by atoms with Crippen molar-refractivity contribution in [1.29, 1.82) is 0 Å². The molecule has 0 bridgehead atoms. The highest BCUT2D eigenvalue weighted by Crippen LogP contribution is 2.24. The van der Waals surface area contributed by atoms with E-state index in [9.17, 15) is 4.79 Å². The summed E-state index contributed by atoms with van der Waals surface area (Å²) in [5.74, 6) is 1.59. The van der Waals surface area contributed by atoms with Crippen molar-refractivity contribution in [2.45, 2.75) is 38.6 Å². The normalized spacial score (nSPS) is 19.2. The molecular formula is C21H35N7O. The maximum atomic E-state index is 11.4. The second-order valence-corrected chi connectivity index (χ2v) is 7.90. The number of hydrogen-bond donors (Lipinski definition) is 3. The molecule has 29 heavy (non-hydrogen) atoms. The first kappa shape index (κ1) is 21.4. The largest absolute Gasteiger partial charge is 0.369 e. The van der Waals surface area contributed by atoms with Gasteiger partial charge in [0.1, 0.15) is 5.82 Å². The smallest absolute Gasteiger partial charge is 0.220 e. The monoisotopic (exact) mass is 401 g/mol. The summed E-state index contributed by atoms with van der Waals surface area (Å²) in [6.07, 6.45) is 7.39. The Hall–Kier alpha value is -2.35. The summed E-state index contributed by atoms with van der Waals surface area (Å²) < 4.78 is 0. The van der Waals surface area contributed by atoms with E-state index in [1.165, 1.54) is 32.4 Å². The van der Waals surface area contributed by atoms with E-state index in [1.807, 2.05) is 12.3 Å². The quantitative estimate of drug-likeness (QED) is 0.464. The van der Waals surface area contributed by atoms with Gasteiger partial charge < -0.3 is 26.2 Å². The van der Waals surface area contributed by atoms with Crippen LogP contribution in [0, 0.1) is 5.92 Å². The molecule has 1 aromatic rings. The van der Waals surface area contributed by atoms with Gasteiger partial charge in [0.25, 0.3) is 0 Å². The van der Waals surface area contributed by atoms with Gasteiger partial charge in [-0.25, -0.2) is 4.98 Å². The van der Waals surface area contributed by atoms with Crippen molar-refractivity contribution in [3.8, 4) is 0 Å². The van der Waals surface area contributed by atoms with Crippen LogP contribution in [0.25, 0.3) is 0 Å². The number of carbonyl (C=O) groups excluding carboxylic acids is 1. The molecule has 2 fully saturated rings. The Morgan fingerprint density at radius 3 is 2.66 bits per heavy atom. The molecule has 0 saturated carbocycles. The molecule has 2 saturated heterocycles. The Balaban J connectivity index is 1.49. The highest BCUT2D eigenvalue weighted by molar-refractivity contribution is 5.79. The molecule has 0 aliphatic carbocycles. The Bertz CT molecular complexity index is 679.